The molecule has 0 radical (unpaired) electrons. The summed E-state index contributed by atoms with van der Waals surface area (Å²) in [7, 11) is 3.20. The van der Waals surface area contributed by atoms with Crippen LogP contribution in [0.1, 0.15) is 22.6 Å². The van der Waals surface area contributed by atoms with Crippen LogP contribution in [0.25, 0.3) is 0 Å². The number of rotatable bonds is 6. The Balaban J connectivity index is 2.42. The van der Waals surface area contributed by atoms with Crippen molar-refractivity contribution in [3.05, 3.63) is 69.3 Å². The van der Waals surface area contributed by atoms with Crippen molar-refractivity contribution in [2.24, 2.45) is 0 Å². The number of hydrogen-bond acceptors (Lipinski definition) is 4. The maximum atomic E-state index is 11.1. The van der Waals surface area contributed by atoms with E-state index in [1.165, 1.54) is 0 Å². The molecule has 2 aromatic carbocycles. The van der Waals surface area contributed by atoms with E-state index in [-0.39, 0.29) is 17.4 Å². The van der Waals surface area contributed by atoms with Crippen LogP contribution in [0.2, 0.25) is 0 Å². The molecule has 0 spiro atoms. The Kier molecular flexibility index (Phi) is 4.99. The van der Waals surface area contributed by atoms with Gasteiger partial charge >= 0.3 is 0 Å². The quantitative estimate of drug-likeness (QED) is 0.606. The highest BCUT2D eigenvalue weighted by Gasteiger charge is 2.22. The molecular weight excluding hydrogens is 282 g/mol. The first kappa shape index (κ1) is 15.8. The fourth-order valence-electron chi connectivity index (χ4n) is 2.53. The van der Waals surface area contributed by atoms with E-state index in [9.17, 15) is 10.1 Å². The van der Waals surface area contributed by atoms with Crippen molar-refractivity contribution in [2.75, 3.05) is 20.8 Å². The highest BCUT2D eigenvalue weighted by Crippen LogP contribution is 2.30. The van der Waals surface area contributed by atoms with Gasteiger partial charge in [-0.05, 0) is 47.9 Å². The van der Waals surface area contributed by atoms with Crippen LogP contribution in [-0.4, -0.2) is 25.7 Å². The lowest BCUT2D eigenvalue weighted by atomic mass is 9.88. The molecule has 0 aliphatic rings. The first-order valence-corrected chi connectivity index (χ1v) is 6.95. The van der Waals surface area contributed by atoms with Gasteiger partial charge in [0, 0.05) is 4.92 Å². The Morgan fingerprint density at radius 2 is 1.64 bits per heavy atom. The van der Waals surface area contributed by atoms with E-state index in [0.29, 0.717) is 0 Å². The molecule has 0 N–H and O–H groups in total. The smallest absolute Gasteiger partial charge is 0.214 e. The third-order valence-corrected chi connectivity index (χ3v) is 3.70. The lowest BCUT2D eigenvalue weighted by Gasteiger charge is -2.17. The molecule has 116 valence electrons. The van der Waals surface area contributed by atoms with Crippen molar-refractivity contribution in [3.8, 4) is 11.5 Å². The summed E-state index contributed by atoms with van der Waals surface area (Å²) < 4.78 is 10.3. The van der Waals surface area contributed by atoms with Gasteiger partial charge in [0.05, 0.1) is 20.1 Å². The fraction of sp³-hybridized carbons (Fsp3) is 0.294. The molecule has 1 atom stereocenters. The minimum absolute atomic E-state index is 0.153. The molecule has 5 heteroatoms. The topological polar surface area (TPSA) is 61.6 Å². The van der Waals surface area contributed by atoms with E-state index in [1.807, 2.05) is 49.4 Å². The van der Waals surface area contributed by atoms with Crippen LogP contribution >= 0.6 is 0 Å². The number of ether oxygens (including phenoxy) is 2. The van der Waals surface area contributed by atoms with Crippen LogP contribution in [0.3, 0.4) is 0 Å². The van der Waals surface area contributed by atoms with Crippen LogP contribution in [-0.2, 0) is 0 Å². The lowest BCUT2D eigenvalue weighted by molar-refractivity contribution is -0.481. The van der Waals surface area contributed by atoms with Gasteiger partial charge in [0.25, 0.3) is 0 Å². The van der Waals surface area contributed by atoms with Crippen molar-refractivity contribution >= 4 is 0 Å². The molecule has 1 unspecified atom stereocenters. The van der Waals surface area contributed by atoms with Gasteiger partial charge in [-0.3, -0.25) is 10.1 Å². The molecule has 0 bridgehead atoms. The highest BCUT2D eigenvalue weighted by molar-refractivity contribution is 5.42. The van der Waals surface area contributed by atoms with Gasteiger partial charge in [-0.1, -0.05) is 18.2 Å². The van der Waals surface area contributed by atoms with E-state index in [1.54, 1.807) is 14.2 Å². The third kappa shape index (κ3) is 3.55. The molecule has 2 aromatic rings. The van der Waals surface area contributed by atoms with E-state index < -0.39 is 0 Å². The molecule has 5 nitrogen and oxygen atoms in total. The maximum Gasteiger partial charge on any atom is 0.214 e. The number of hydrogen-bond donors (Lipinski definition) is 0. The summed E-state index contributed by atoms with van der Waals surface area (Å²) in [5.41, 5.74) is 2.80. The van der Waals surface area contributed by atoms with Crippen LogP contribution in [0, 0.1) is 17.0 Å². The van der Waals surface area contributed by atoms with Crippen molar-refractivity contribution < 1.29 is 14.4 Å². The number of nitro groups is 1. The molecule has 0 saturated heterocycles. The predicted octanol–water partition coefficient (Wildman–Crippen LogP) is 3.42. The largest absolute Gasteiger partial charge is 0.497 e. The van der Waals surface area contributed by atoms with Gasteiger partial charge in [-0.2, -0.15) is 0 Å². The molecule has 0 aromatic heterocycles. The van der Waals surface area contributed by atoms with E-state index in [0.717, 1.165) is 28.2 Å². The average molecular weight is 301 g/mol. The molecule has 22 heavy (non-hydrogen) atoms. The SMILES string of the molecule is COc1ccc(C(C[N+](=O)[O-])c2ccc(OC)cc2C)cc1. The Hall–Kier alpha value is -2.56. The van der Waals surface area contributed by atoms with E-state index in [4.69, 9.17) is 9.47 Å². The van der Waals surface area contributed by atoms with Crippen molar-refractivity contribution in [1.82, 2.24) is 0 Å². The third-order valence-electron chi connectivity index (χ3n) is 3.70. The van der Waals surface area contributed by atoms with Crippen molar-refractivity contribution in [1.29, 1.82) is 0 Å². The molecule has 0 saturated carbocycles. The lowest BCUT2D eigenvalue weighted by Crippen LogP contribution is -2.15. The summed E-state index contributed by atoms with van der Waals surface area (Å²) in [5.74, 6) is 1.18. The fourth-order valence-corrected chi connectivity index (χ4v) is 2.53. The van der Waals surface area contributed by atoms with Gasteiger partial charge in [-0.25, -0.2) is 0 Å². The Morgan fingerprint density at radius 1 is 1.05 bits per heavy atom. The molecule has 0 aliphatic heterocycles. The van der Waals surface area contributed by atoms with Crippen LogP contribution in [0.4, 0.5) is 0 Å². The molecular formula is C17H19NO4. The standard InChI is InChI=1S/C17H19NO4/c1-12-10-15(22-3)8-9-16(12)17(11-18(19)20)13-4-6-14(21-2)7-5-13/h4-10,17H,11H2,1-3H3. The first-order chi connectivity index (χ1) is 10.5. The monoisotopic (exact) mass is 301 g/mol. The number of methoxy groups -OCH3 is 2. The highest BCUT2D eigenvalue weighted by atomic mass is 16.6. The minimum atomic E-state index is -0.299. The molecule has 2 rings (SSSR count). The molecule has 0 aliphatic carbocycles. The van der Waals surface area contributed by atoms with Crippen LogP contribution in [0.5, 0.6) is 11.5 Å². The second-order valence-corrected chi connectivity index (χ2v) is 5.06. The van der Waals surface area contributed by atoms with Crippen LogP contribution < -0.4 is 9.47 Å². The Labute approximate surface area is 129 Å². The number of aryl methyl sites for hydroxylation is 1. The van der Waals surface area contributed by atoms with Gasteiger partial charge < -0.3 is 9.47 Å². The van der Waals surface area contributed by atoms with Gasteiger partial charge in [0.2, 0.25) is 6.54 Å². The summed E-state index contributed by atoms with van der Waals surface area (Å²) in [6, 6.07) is 13.0. The van der Waals surface area contributed by atoms with Gasteiger partial charge in [0.15, 0.2) is 0 Å². The van der Waals surface area contributed by atoms with Gasteiger partial charge in [-0.15, -0.1) is 0 Å². The molecule has 0 fully saturated rings. The zero-order valence-corrected chi connectivity index (χ0v) is 12.9. The number of nitrogens with zero attached hydrogens (tertiary/aromatic N) is 1. The normalized spacial score (nSPS) is 11.8. The van der Waals surface area contributed by atoms with Crippen molar-refractivity contribution in [2.45, 2.75) is 12.8 Å². The second kappa shape index (κ2) is 6.93. The summed E-state index contributed by atoms with van der Waals surface area (Å²) in [4.78, 5) is 10.8. The zero-order valence-electron chi connectivity index (χ0n) is 12.9. The second-order valence-electron chi connectivity index (χ2n) is 5.06. The number of benzene rings is 2. The van der Waals surface area contributed by atoms with Gasteiger partial charge in [0.1, 0.15) is 11.5 Å². The maximum absolute atomic E-state index is 11.1. The summed E-state index contributed by atoms with van der Waals surface area (Å²) in [5, 5.41) is 11.1. The first-order valence-electron chi connectivity index (χ1n) is 6.95. The summed E-state index contributed by atoms with van der Waals surface area (Å²) >= 11 is 0. The van der Waals surface area contributed by atoms with Crippen LogP contribution in [0.15, 0.2) is 42.5 Å². The molecule has 0 heterocycles. The minimum Gasteiger partial charge on any atom is -0.497 e. The van der Waals surface area contributed by atoms with E-state index in [2.05, 4.69) is 0 Å². The summed E-state index contributed by atoms with van der Waals surface area (Å²) in [6.45, 7) is 1.79. The Bertz CT molecular complexity index is 652. The molecule has 0 amide bonds. The Morgan fingerprint density at radius 3 is 2.14 bits per heavy atom. The van der Waals surface area contributed by atoms with Crippen molar-refractivity contribution in [3.63, 3.8) is 0 Å². The zero-order chi connectivity index (χ0) is 16.1. The predicted molar refractivity (Wildman–Crippen MR) is 84.4 cm³/mol. The average Bonchev–Trinajstić information content (AvgIpc) is 2.53. The van der Waals surface area contributed by atoms with E-state index >= 15 is 0 Å². The summed E-state index contributed by atoms with van der Waals surface area (Å²) in [6.07, 6.45) is 0.